The first-order chi connectivity index (χ1) is 8.20. The Morgan fingerprint density at radius 2 is 2.29 bits per heavy atom. The number of hydrogen-bond donors (Lipinski definition) is 1. The number of ether oxygens (including phenoxy) is 1. The largest absolute Gasteiger partial charge is 0.496 e. The van der Waals surface area contributed by atoms with E-state index in [0.717, 1.165) is 17.0 Å². The summed E-state index contributed by atoms with van der Waals surface area (Å²) in [5.74, 6) is 0.786. The summed E-state index contributed by atoms with van der Waals surface area (Å²) >= 11 is 6.14. The lowest BCUT2D eigenvalue weighted by Gasteiger charge is -2.10. The Hall–Kier alpha value is -1.68. The average molecular weight is 252 g/mol. The van der Waals surface area contributed by atoms with Crippen molar-refractivity contribution in [1.82, 2.24) is 9.78 Å². The second-order valence-corrected chi connectivity index (χ2v) is 4.08. The van der Waals surface area contributed by atoms with Crippen LogP contribution in [0.15, 0.2) is 30.6 Å². The van der Waals surface area contributed by atoms with Crippen LogP contribution in [0.2, 0.25) is 5.02 Å². The zero-order valence-corrected chi connectivity index (χ0v) is 10.5. The second-order valence-electron chi connectivity index (χ2n) is 3.68. The van der Waals surface area contributed by atoms with Crippen LogP contribution in [0.1, 0.15) is 5.56 Å². The maximum absolute atomic E-state index is 6.14. The van der Waals surface area contributed by atoms with E-state index in [0.29, 0.717) is 11.6 Å². The number of benzene rings is 1. The van der Waals surface area contributed by atoms with Gasteiger partial charge in [0.25, 0.3) is 0 Å². The number of hydrogen-bond acceptors (Lipinski definition) is 3. The molecule has 0 aliphatic rings. The Labute approximate surface area is 105 Å². The van der Waals surface area contributed by atoms with Gasteiger partial charge in [0.1, 0.15) is 5.75 Å². The molecule has 4 nitrogen and oxygen atoms in total. The Morgan fingerprint density at radius 1 is 1.47 bits per heavy atom. The molecule has 1 heterocycles. The molecule has 2 aromatic rings. The van der Waals surface area contributed by atoms with Crippen molar-refractivity contribution in [2.45, 2.75) is 6.54 Å². The van der Waals surface area contributed by atoms with E-state index in [1.54, 1.807) is 18.0 Å². The molecule has 5 heteroatoms. The number of nitrogens with one attached hydrogen (secondary N) is 1. The monoisotopic (exact) mass is 251 g/mol. The van der Waals surface area contributed by atoms with Crippen LogP contribution >= 0.6 is 11.6 Å². The molecule has 0 bridgehead atoms. The number of anilines is 1. The van der Waals surface area contributed by atoms with Crippen LogP contribution in [0, 0.1) is 0 Å². The van der Waals surface area contributed by atoms with Crippen molar-refractivity contribution in [2.24, 2.45) is 7.05 Å². The van der Waals surface area contributed by atoms with Crippen molar-refractivity contribution < 1.29 is 4.74 Å². The smallest absolute Gasteiger partial charge is 0.125 e. The molecule has 0 radical (unpaired) electrons. The molecular weight excluding hydrogens is 238 g/mol. The minimum atomic E-state index is 0.606. The van der Waals surface area contributed by atoms with E-state index in [1.807, 2.05) is 31.4 Å². The predicted molar refractivity (Wildman–Crippen MR) is 68.5 cm³/mol. The van der Waals surface area contributed by atoms with E-state index in [1.165, 1.54) is 0 Å². The van der Waals surface area contributed by atoms with Crippen molar-refractivity contribution in [3.05, 3.63) is 41.2 Å². The molecule has 0 amide bonds. The molecule has 1 N–H and O–H groups in total. The van der Waals surface area contributed by atoms with Crippen LogP contribution in [0.4, 0.5) is 5.69 Å². The summed E-state index contributed by atoms with van der Waals surface area (Å²) in [6.07, 6.45) is 3.67. The van der Waals surface area contributed by atoms with Gasteiger partial charge in [-0.15, -0.1) is 0 Å². The summed E-state index contributed by atoms with van der Waals surface area (Å²) in [4.78, 5) is 0. The number of aromatic nitrogens is 2. The summed E-state index contributed by atoms with van der Waals surface area (Å²) in [6, 6.07) is 5.62. The highest BCUT2D eigenvalue weighted by Gasteiger charge is 2.07. The van der Waals surface area contributed by atoms with Crippen LogP contribution in [-0.2, 0) is 13.6 Å². The number of halogens is 1. The molecule has 0 aliphatic heterocycles. The highest BCUT2D eigenvalue weighted by atomic mass is 35.5. The van der Waals surface area contributed by atoms with Crippen LogP contribution < -0.4 is 10.1 Å². The fourth-order valence-electron chi connectivity index (χ4n) is 1.60. The fraction of sp³-hybridized carbons (Fsp3) is 0.250. The van der Waals surface area contributed by atoms with Crippen LogP contribution in [-0.4, -0.2) is 16.9 Å². The van der Waals surface area contributed by atoms with Gasteiger partial charge in [-0.05, 0) is 12.1 Å². The predicted octanol–water partition coefficient (Wildman–Crippen LogP) is 2.69. The standard InChI is InChI=1S/C12H14ClN3O/c1-16-8-9(6-15-16)14-7-10-11(13)4-3-5-12(10)17-2/h3-6,8,14H,7H2,1-2H3. The van der Waals surface area contributed by atoms with E-state index in [2.05, 4.69) is 10.4 Å². The van der Waals surface area contributed by atoms with E-state index in [9.17, 15) is 0 Å². The molecule has 1 aromatic carbocycles. The molecule has 0 saturated carbocycles. The van der Waals surface area contributed by atoms with E-state index < -0.39 is 0 Å². The van der Waals surface area contributed by atoms with Crippen molar-refractivity contribution in [2.75, 3.05) is 12.4 Å². The SMILES string of the molecule is COc1cccc(Cl)c1CNc1cnn(C)c1. The van der Waals surface area contributed by atoms with Gasteiger partial charge in [-0.2, -0.15) is 5.10 Å². The molecule has 90 valence electrons. The minimum absolute atomic E-state index is 0.606. The van der Waals surface area contributed by atoms with E-state index >= 15 is 0 Å². The van der Waals surface area contributed by atoms with Crippen molar-refractivity contribution in [1.29, 1.82) is 0 Å². The number of rotatable bonds is 4. The van der Waals surface area contributed by atoms with Gasteiger partial charge in [0.05, 0.1) is 19.0 Å². The first-order valence-corrected chi connectivity index (χ1v) is 5.62. The third kappa shape index (κ3) is 2.71. The molecule has 1 aromatic heterocycles. The Kier molecular flexibility index (Phi) is 3.54. The summed E-state index contributed by atoms with van der Waals surface area (Å²) in [7, 11) is 3.51. The van der Waals surface area contributed by atoms with Gasteiger partial charge < -0.3 is 10.1 Å². The van der Waals surface area contributed by atoms with Gasteiger partial charge in [-0.25, -0.2) is 0 Å². The van der Waals surface area contributed by atoms with E-state index in [4.69, 9.17) is 16.3 Å². The zero-order chi connectivity index (χ0) is 12.3. The topological polar surface area (TPSA) is 39.1 Å². The molecule has 0 spiro atoms. The molecular formula is C12H14ClN3O. The summed E-state index contributed by atoms with van der Waals surface area (Å²) < 4.78 is 7.02. The van der Waals surface area contributed by atoms with Gasteiger partial charge >= 0.3 is 0 Å². The molecule has 2 rings (SSSR count). The Morgan fingerprint density at radius 3 is 2.94 bits per heavy atom. The first-order valence-electron chi connectivity index (χ1n) is 5.24. The lowest BCUT2D eigenvalue weighted by Crippen LogP contribution is -2.01. The maximum Gasteiger partial charge on any atom is 0.125 e. The van der Waals surface area contributed by atoms with Gasteiger partial charge in [0.2, 0.25) is 0 Å². The third-order valence-corrected chi connectivity index (χ3v) is 2.82. The lowest BCUT2D eigenvalue weighted by atomic mass is 10.2. The summed E-state index contributed by atoms with van der Waals surface area (Å²) in [5.41, 5.74) is 1.90. The van der Waals surface area contributed by atoms with E-state index in [-0.39, 0.29) is 0 Å². The molecule has 0 fully saturated rings. The van der Waals surface area contributed by atoms with Crippen molar-refractivity contribution >= 4 is 17.3 Å². The van der Waals surface area contributed by atoms with Crippen molar-refractivity contribution in [3.8, 4) is 5.75 Å². The number of aryl methyl sites for hydroxylation is 1. The van der Waals surface area contributed by atoms with Crippen LogP contribution in [0.25, 0.3) is 0 Å². The molecule has 0 unspecified atom stereocenters. The van der Waals surface area contributed by atoms with Crippen LogP contribution in [0.3, 0.4) is 0 Å². The number of nitrogens with zero attached hydrogens (tertiary/aromatic N) is 2. The lowest BCUT2D eigenvalue weighted by molar-refractivity contribution is 0.410. The maximum atomic E-state index is 6.14. The van der Waals surface area contributed by atoms with Gasteiger partial charge in [-0.3, -0.25) is 4.68 Å². The van der Waals surface area contributed by atoms with Crippen molar-refractivity contribution in [3.63, 3.8) is 0 Å². The van der Waals surface area contributed by atoms with Gasteiger partial charge in [0.15, 0.2) is 0 Å². The minimum Gasteiger partial charge on any atom is -0.496 e. The molecule has 0 atom stereocenters. The van der Waals surface area contributed by atoms with Crippen LogP contribution in [0.5, 0.6) is 5.75 Å². The molecule has 0 aliphatic carbocycles. The molecule has 17 heavy (non-hydrogen) atoms. The normalized spacial score (nSPS) is 10.3. The highest BCUT2D eigenvalue weighted by molar-refractivity contribution is 6.31. The highest BCUT2D eigenvalue weighted by Crippen LogP contribution is 2.26. The summed E-state index contributed by atoms with van der Waals surface area (Å²) in [6.45, 7) is 0.606. The Bertz CT molecular complexity index is 510. The van der Waals surface area contributed by atoms with Gasteiger partial charge in [-0.1, -0.05) is 17.7 Å². The number of methoxy groups -OCH3 is 1. The second kappa shape index (κ2) is 5.10. The average Bonchev–Trinajstić information content (AvgIpc) is 2.73. The quantitative estimate of drug-likeness (QED) is 0.908. The summed E-state index contributed by atoms with van der Waals surface area (Å²) in [5, 5.41) is 8.03. The third-order valence-electron chi connectivity index (χ3n) is 2.47. The first kappa shape index (κ1) is 11.8. The fourth-order valence-corrected chi connectivity index (χ4v) is 1.84. The van der Waals surface area contributed by atoms with Gasteiger partial charge in [0, 0.05) is 30.4 Å². The molecule has 0 saturated heterocycles. The zero-order valence-electron chi connectivity index (χ0n) is 9.77. The Balaban J connectivity index is 2.13.